The average Bonchev–Trinajstić information content (AvgIpc) is 3.28. The maximum atomic E-state index is 6.11. The van der Waals surface area contributed by atoms with Gasteiger partial charge in [-0.2, -0.15) is 0 Å². The van der Waals surface area contributed by atoms with Gasteiger partial charge in [0.1, 0.15) is 0 Å². The molecular weight excluding hydrogens is 220 g/mol. The largest absolute Gasteiger partial charge is 0.329 e. The van der Waals surface area contributed by atoms with E-state index in [1.807, 2.05) is 0 Å². The smallest absolute Gasteiger partial charge is 0.0224 e. The highest BCUT2D eigenvalue weighted by molar-refractivity contribution is 4.93. The van der Waals surface area contributed by atoms with Crippen molar-refractivity contribution in [2.75, 3.05) is 13.1 Å². The van der Waals surface area contributed by atoms with Gasteiger partial charge in [-0.3, -0.25) is 4.90 Å². The second-order valence-electron chi connectivity index (χ2n) is 7.00. The third kappa shape index (κ3) is 3.48. The second kappa shape index (κ2) is 5.92. The summed E-state index contributed by atoms with van der Waals surface area (Å²) in [4.78, 5) is 2.81. The lowest BCUT2D eigenvalue weighted by Gasteiger charge is -2.35. The van der Waals surface area contributed by atoms with E-state index < -0.39 is 0 Å². The van der Waals surface area contributed by atoms with Crippen LogP contribution in [0.15, 0.2) is 0 Å². The summed E-state index contributed by atoms with van der Waals surface area (Å²) in [6.07, 6.45) is 14.6. The summed E-state index contributed by atoms with van der Waals surface area (Å²) in [7, 11) is 0. The van der Waals surface area contributed by atoms with Crippen molar-refractivity contribution in [3.05, 3.63) is 0 Å². The van der Waals surface area contributed by atoms with E-state index in [4.69, 9.17) is 5.73 Å². The van der Waals surface area contributed by atoms with Crippen molar-refractivity contribution in [1.29, 1.82) is 0 Å². The molecule has 2 nitrogen and oxygen atoms in total. The lowest BCUT2D eigenvalue weighted by molar-refractivity contribution is 0.145. The predicted octanol–water partition coefficient (Wildman–Crippen LogP) is 3.16. The molecule has 0 bridgehead atoms. The summed E-state index contributed by atoms with van der Waals surface area (Å²) in [5.74, 6) is 2.00. The maximum absolute atomic E-state index is 6.11. The van der Waals surface area contributed by atoms with Crippen LogP contribution >= 0.6 is 0 Å². The molecule has 18 heavy (non-hydrogen) atoms. The van der Waals surface area contributed by atoms with Crippen LogP contribution in [0.4, 0.5) is 0 Å². The van der Waals surface area contributed by atoms with Crippen molar-refractivity contribution < 1.29 is 0 Å². The quantitative estimate of drug-likeness (QED) is 0.752. The molecule has 3 rings (SSSR count). The highest BCUT2D eigenvalue weighted by atomic mass is 15.2. The standard InChI is InChI=1S/C16H30N2/c17-11-16(10-13-4-2-1-3-5-13)18(15-8-9-15)12-14-6-7-14/h13-16H,1-12,17H2. The third-order valence-electron chi connectivity index (χ3n) is 5.25. The van der Waals surface area contributed by atoms with Gasteiger partial charge in [0.25, 0.3) is 0 Å². The van der Waals surface area contributed by atoms with E-state index in [9.17, 15) is 0 Å². The van der Waals surface area contributed by atoms with E-state index in [1.54, 1.807) is 0 Å². The van der Waals surface area contributed by atoms with Gasteiger partial charge in [0.2, 0.25) is 0 Å². The van der Waals surface area contributed by atoms with E-state index in [1.165, 1.54) is 70.8 Å². The van der Waals surface area contributed by atoms with Crippen molar-refractivity contribution in [1.82, 2.24) is 4.90 Å². The van der Waals surface area contributed by atoms with Crippen molar-refractivity contribution in [2.24, 2.45) is 17.6 Å². The highest BCUT2D eigenvalue weighted by Crippen LogP contribution is 2.38. The van der Waals surface area contributed by atoms with Crippen LogP contribution in [0, 0.1) is 11.8 Å². The minimum absolute atomic E-state index is 0.696. The molecule has 1 atom stereocenters. The van der Waals surface area contributed by atoms with Gasteiger partial charge in [-0.05, 0) is 43.9 Å². The molecule has 2 N–H and O–H groups in total. The van der Waals surface area contributed by atoms with E-state index in [0.29, 0.717) is 6.04 Å². The molecule has 3 fully saturated rings. The summed E-state index contributed by atoms with van der Waals surface area (Å²) >= 11 is 0. The first kappa shape index (κ1) is 12.9. The molecule has 0 aromatic carbocycles. The van der Waals surface area contributed by atoms with Gasteiger partial charge in [0, 0.05) is 25.2 Å². The number of rotatable bonds is 7. The lowest BCUT2D eigenvalue weighted by Crippen LogP contribution is -2.44. The Kier molecular flexibility index (Phi) is 4.25. The Balaban J connectivity index is 1.53. The molecule has 0 aromatic heterocycles. The molecule has 0 heterocycles. The van der Waals surface area contributed by atoms with E-state index in [2.05, 4.69) is 4.90 Å². The molecule has 104 valence electrons. The minimum Gasteiger partial charge on any atom is -0.329 e. The Hall–Kier alpha value is -0.0800. The van der Waals surface area contributed by atoms with Gasteiger partial charge in [0.05, 0.1) is 0 Å². The van der Waals surface area contributed by atoms with Crippen LogP contribution in [0.1, 0.15) is 64.2 Å². The fraction of sp³-hybridized carbons (Fsp3) is 1.00. The second-order valence-corrected chi connectivity index (χ2v) is 7.00. The molecule has 3 aliphatic carbocycles. The van der Waals surface area contributed by atoms with Gasteiger partial charge >= 0.3 is 0 Å². The predicted molar refractivity (Wildman–Crippen MR) is 76.5 cm³/mol. The zero-order chi connectivity index (χ0) is 12.4. The van der Waals surface area contributed by atoms with Crippen LogP contribution in [0.25, 0.3) is 0 Å². The van der Waals surface area contributed by atoms with Crippen LogP contribution in [0.3, 0.4) is 0 Å². The summed E-state index contributed by atoms with van der Waals surface area (Å²) in [6.45, 7) is 2.25. The van der Waals surface area contributed by atoms with Crippen LogP contribution < -0.4 is 5.73 Å². The van der Waals surface area contributed by atoms with Crippen LogP contribution in [0.5, 0.6) is 0 Å². The fourth-order valence-corrected chi connectivity index (χ4v) is 3.78. The molecule has 3 aliphatic rings. The van der Waals surface area contributed by atoms with Gasteiger partial charge < -0.3 is 5.73 Å². The molecule has 2 heteroatoms. The van der Waals surface area contributed by atoms with Gasteiger partial charge in [-0.25, -0.2) is 0 Å². The summed E-state index contributed by atoms with van der Waals surface area (Å²) in [5.41, 5.74) is 6.11. The normalized spacial score (nSPS) is 27.7. The van der Waals surface area contributed by atoms with Crippen LogP contribution in [0.2, 0.25) is 0 Å². The molecule has 0 radical (unpaired) electrons. The van der Waals surface area contributed by atoms with Gasteiger partial charge in [-0.1, -0.05) is 32.1 Å². The minimum atomic E-state index is 0.696. The summed E-state index contributed by atoms with van der Waals surface area (Å²) in [5, 5.41) is 0. The van der Waals surface area contributed by atoms with Gasteiger partial charge in [0.15, 0.2) is 0 Å². The first-order valence-electron chi connectivity index (χ1n) is 8.32. The van der Waals surface area contributed by atoms with Gasteiger partial charge in [-0.15, -0.1) is 0 Å². The van der Waals surface area contributed by atoms with Crippen LogP contribution in [-0.4, -0.2) is 30.1 Å². The molecule has 0 aliphatic heterocycles. The van der Waals surface area contributed by atoms with Crippen molar-refractivity contribution >= 4 is 0 Å². The number of hydrogen-bond donors (Lipinski definition) is 1. The number of nitrogens with two attached hydrogens (primary N) is 1. The SMILES string of the molecule is NCC(CC1CCCCC1)N(CC1CC1)C1CC1. The molecular formula is C16H30N2. The average molecular weight is 250 g/mol. The Labute approximate surface area is 112 Å². The van der Waals surface area contributed by atoms with E-state index in [-0.39, 0.29) is 0 Å². The molecule has 0 saturated heterocycles. The maximum Gasteiger partial charge on any atom is 0.0224 e. The topological polar surface area (TPSA) is 29.3 Å². The van der Waals surface area contributed by atoms with Crippen molar-refractivity contribution in [3.63, 3.8) is 0 Å². The molecule has 1 unspecified atom stereocenters. The Morgan fingerprint density at radius 1 is 0.889 bits per heavy atom. The van der Waals surface area contributed by atoms with Crippen LogP contribution in [-0.2, 0) is 0 Å². The van der Waals surface area contributed by atoms with Crippen molar-refractivity contribution in [3.8, 4) is 0 Å². The first-order valence-corrected chi connectivity index (χ1v) is 8.32. The summed E-state index contributed by atoms with van der Waals surface area (Å²) < 4.78 is 0. The zero-order valence-electron chi connectivity index (χ0n) is 11.8. The molecule has 0 aromatic rings. The van der Waals surface area contributed by atoms with Crippen molar-refractivity contribution in [2.45, 2.75) is 76.3 Å². The number of nitrogens with zero attached hydrogens (tertiary/aromatic N) is 1. The first-order chi connectivity index (χ1) is 8.86. The highest BCUT2D eigenvalue weighted by Gasteiger charge is 2.37. The fourth-order valence-electron chi connectivity index (χ4n) is 3.78. The zero-order valence-corrected chi connectivity index (χ0v) is 11.8. The Bertz CT molecular complexity index is 252. The van der Waals surface area contributed by atoms with E-state index in [0.717, 1.165) is 24.4 Å². The Morgan fingerprint density at radius 3 is 2.17 bits per heavy atom. The monoisotopic (exact) mass is 250 g/mol. The Morgan fingerprint density at radius 2 is 1.61 bits per heavy atom. The molecule has 3 saturated carbocycles. The summed E-state index contributed by atoms with van der Waals surface area (Å²) in [6, 6.07) is 1.60. The molecule has 0 amide bonds. The number of hydrogen-bond acceptors (Lipinski definition) is 2. The third-order valence-corrected chi connectivity index (χ3v) is 5.25. The van der Waals surface area contributed by atoms with E-state index >= 15 is 0 Å². The molecule has 0 spiro atoms. The lowest BCUT2D eigenvalue weighted by atomic mass is 9.84.